The summed E-state index contributed by atoms with van der Waals surface area (Å²) < 4.78 is 0.866. The number of nitrogens with zero attached hydrogens (tertiary/aromatic N) is 1. The molecule has 0 amide bonds. The molecule has 0 fully saturated rings. The lowest BCUT2D eigenvalue weighted by molar-refractivity contribution is 0.0984. The Balaban J connectivity index is 1.95. The van der Waals surface area contributed by atoms with E-state index in [4.69, 9.17) is 0 Å². The molecule has 0 bridgehead atoms. The molecule has 3 heteroatoms. The summed E-state index contributed by atoms with van der Waals surface area (Å²) in [4.78, 5) is 14.4. The number of carbonyl (C=O) groups excluding carboxylic acids is 1. The van der Waals surface area contributed by atoms with Crippen LogP contribution < -0.4 is 4.90 Å². The standard InChI is InChI=1S/C18H20BrNO/c1-3-14-8-10-15(11-9-14)20(2)13-12-18(21)16-6-4-5-7-17(16)19/h4-11H,3,12-13H2,1-2H3. The molecule has 0 unspecified atom stereocenters. The minimum Gasteiger partial charge on any atom is -0.374 e. The van der Waals surface area contributed by atoms with Crippen molar-refractivity contribution in [3.05, 3.63) is 64.1 Å². The molecule has 2 rings (SSSR count). The summed E-state index contributed by atoms with van der Waals surface area (Å²) in [6, 6.07) is 16.1. The van der Waals surface area contributed by atoms with E-state index in [1.54, 1.807) is 0 Å². The van der Waals surface area contributed by atoms with Crippen molar-refractivity contribution >= 4 is 27.4 Å². The van der Waals surface area contributed by atoms with Gasteiger partial charge in [0.2, 0.25) is 0 Å². The maximum absolute atomic E-state index is 12.2. The zero-order valence-electron chi connectivity index (χ0n) is 12.5. The number of aryl methyl sites for hydroxylation is 1. The Bertz CT molecular complexity index is 607. The number of Topliss-reactive ketones (excluding diaryl/α,β-unsaturated/α-hetero) is 1. The summed E-state index contributed by atoms with van der Waals surface area (Å²) in [7, 11) is 2.02. The minimum absolute atomic E-state index is 0.166. The predicted octanol–water partition coefficient (Wildman–Crippen LogP) is 4.72. The number of carbonyl (C=O) groups is 1. The number of benzene rings is 2. The third-order valence-corrected chi connectivity index (χ3v) is 4.33. The van der Waals surface area contributed by atoms with Gasteiger partial charge in [0.1, 0.15) is 0 Å². The van der Waals surface area contributed by atoms with E-state index in [1.165, 1.54) is 5.56 Å². The van der Waals surface area contributed by atoms with Gasteiger partial charge in [0, 0.05) is 35.7 Å². The van der Waals surface area contributed by atoms with E-state index in [-0.39, 0.29) is 5.78 Å². The summed E-state index contributed by atoms with van der Waals surface area (Å²) in [5.74, 6) is 0.166. The van der Waals surface area contributed by atoms with Crippen molar-refractivity contribution in [2.24, 2.45) is 0 Å². The van der Waals surface area contributed by atoms with Crippen LogP contribution in [0.25, 0.3) is 0 Å². The van der Waals surface area contributed by atoms with E-state index in [2.05, 4.69) is 52.0 Å². The molecule has 110 valence electrons. The van der Waals surface area contributed by atoms with E-state index >= 15 is 0 Å². The zero-order chi connectivity index (χ0) is 15.2. The molecule has 0 N–H and O–H groups in total. The first-order valence-electron chi connectivity index (χ1n) is 7.19. The lowest BCUT2D eigenvalue weighted by atomic mass is 10.1. The largest absolute Gasteiger partial charge is 0.374 e. The van der Waals surface area contributed by atoms with Gasteiger partial charge in [0.05, 0.1) is 0 Å². The molecule has 0 radical (unpaired) electrons. The highest BCUT2D eigenvalue weighted by atomic mass is 79.9. The maximum atomic E-state index is 12.2. The fourth-order valence-electron chi connectivity index (χ4n) is 2.21. The van der Waals surface area contributed by atoms with Crippen LogP contribution in [0.1, 0.15) is 29.3 Å². The van der Waals surface area contributed by atoms with Crippen LogP contribution in [0.5, 0.6) is 0 Å². The van der Waals surface area contributed by atoms with Crippen molar-refractivity contribution in [3.63, 3.8) is 0 Å². The first kappa shape index (κ1) is 15.8. The van der Waals surface area contributed by atoms with Gasteiger partial charge in [0.15, 0.2) is 5.78 Å². The quantitative estimate of drug-likeness (QED) is 0.706. The highest BCUT2D eigenvalue weighted by molar-refractivity contribution is 9.10. The molecule has 0 aliphatic rings. The van der Waals surface area contributed by atoms with Crippen LogP contribution in [-0.4, -0.2) is 19.4 Å². The van der Waals surface area contributed by atoms with Crippen LogP contribution in [-0.2, 0) is 6.42 Å². The third kappa shape index (κ3) is 4.18. The average molecular weight is 346 g/mol. The summed E-state index contributed by atoms with van der Waals surface area (Å²) >= 11 is 3.43. The Morgan fingerprint density at radius 2 is 1.76 bits per heavy atom. The normalized spacial score (nSPS) is 10.4. The average Bonchev–Trinajstić information content (AvgIpc) is 2.52. The van der Waals surface area contributed by atoms with Gasteiger partial charge in [-0.05, 0) is 30.2 Å². The number of halogens is 1. The maximum Gasteiger partial charge on any atom is 0.165 e. The number of hydrogen-bond donors (Lipinski definition) is 0. The molecule has 0 aliphatic heterocycles. The van der Waals surface area contributed by atoms with Gasteiger partial charge in [-0.15, -0.1) is 0 Å². The van der Waals surface area contributed by atoms with Crippen LogP contribution in [0.15, 0.2) is 53.0 Å². The second kappa shape index (κ2) is 7.41. The summed E-state index contributed by atoms with van der Waals surface area (Å²) in [5.41, 5.74) is 3.23. The van der Waals surface area contributed by atoms with Crippen LogP contribution in [0.3, 0.4) is 0 Å². The zero-order valence-corrected chi connectivity index (χ0v) is 14.1. The minimum atomic E-state index is 0.166. The lowest BCUT2D eigenvalue weighted by Crippen LogP contribution is -2.21. The van der Waals surface area contributed by atoms with Crippen LogP contribution in [0.4, 0.5) is 5.69 Å². The Kier molecular flexibility index (Phi) is 5.57. The fraction of sp³-hybridized carbons (Fsp3) is 0.278. The van der Waals surface area contributed by atoms with Crippen molar-refractivity contribution < 1.29 is 4.79 Å². The Morgan fingerprint density at radius 1 is 1.10 bits per heavy atom. The summed E-state index contributed by atoms with van der Waals surface area (Å²) in [6.07, 6.45) is 1.55. The van der Waals surface area contributed by atoms with Crippen molar-refractivity contribution in [1.29, 1.82) is 0 Å². The van der Waals surface area contributed by atoms with Gasteiger partial charge in [-0.1, -0.05) is 53.2 Å². The molecule has 21 heavy (non-hydrogen) atoms. The van der Waals surface area contributed by atoms with E-state index in [1.807, 2.05) is 31.3 Å². The van der Waals surface area contributed by atoms with E-state index in [0.717, 1.165) is 22.1 Å². The molecule has 2 aromatic rings. The van der Waals surface area contributed by atoms with Gasteiger partial charge in [-0.25, -0.2) is 0 Å². The van der Waals surface area contributed by atoms with Crippen molar-refractivity contribution in [3.8, 4) is 0 Å². The van der Waals surface area contributed by atoms with E-state index in [9.17, 15) is 4.79 Å². The van der Waals surface area contributed by atoms with Crippen molar-refractivity contribution in [2.75, 3.05) is 18.5 Å². The fourth-order valence-corrected chi connectivity index (χ4v) is 2.71. The molecule has 0 atom stereocenters. The predicted molar refractivity (Wildman–Crippen MR) is 92.2 cm³/mol. The van der Waals surface area contributed by atoms with Crippen LogP contribution >= 0.6 is 15.9 Å². The van der Waals surface area contributed by atoms with Gasteiger partial charge in [-0.2, -0.15) is 0 Å². The van der Waals surface area contributed by atoms with E-state index < -0.39 is 0 Å². The highest BCUT2D eigenvalue weighted by Gasteiger charge is 2.10. The van der Waals surface area contributed by atoms with Gasteiger partial charge in [0.25, 0.3) is 0 Å². The Hall–Kier alpha value is -1.61. The Morgan fingerprint density at radius 3 is 2.38 bits per heavy atom. The second-order valence-electron chi connectivity index (χ2n) is 5.09. The third-order valence-electron chi connectivity index (χ3n) is 3.63. The first-order chi connectivity index (χ1) is 10.1. The topological polar surface area (TPSA) is 20.3 Å². The molecule has 0 saturated heterocycles. The molecule has 0 aliphatic carbocycles. The molecule has 2 aromatic carbocycles. The lowest BCUT2D eigenvalue weighted by Gasteiger charge is -2.19. The smallest absolute Gasteiger partial charge is 0.165 e. The van der Waals surface area contributed by atoms with Gasteiger partial charge >= 0.3 is 0 Å². The SMILES string of the molecule is CCc1ccc(N(C)CCC(=O)c2ccccc2Br)cc1. The van der Waals surface area contributed by atoms with Crippen molar-refractivity contribution in [2.45, 2.75) is 19.8 Å². The molecule has 0 spiro atoms. The molecule has 2 nitrogen and oxygen atoms in total. The van der Waals surface area contributed by atoms with Crippen LogP contribution in [0, 0.1) is 0 Å². The first-order valence-corrected chi connectivity index (χ1v) is 7.99. The van der Waals surface area contributed by atoms with Gasteiger partial charge in [-0.3, -0.25) is 4.79 Å². The number of hydrogen-bond acceptors (Lipinski definition) is 2. The van der Waals surface area contributed by atoms with Gasteiger partial charge < -0.3 is 4.90 Å². The second-order valence-corrected chi connectivity index (χ2v) is 5.95. The summed E-state index contributed by atoms with van der Waals surface area (Å²) in [5, 5.41) is 0. The molecule has 0 saturated carbocycles. The number of anilines is 1. The summed E-state index contributed by atoms with van der Waals surface area (Å²) in [6.45, 7) is 2.86. The number of ketones is 1. The molecular formula is C18H20BrNO. The van der Waals surface area contributed by atoms with Crippen LogP contribution in [0.2, 0.25) is 0 Å². The monoisotopic (exact) mass is 345 g/mol. The van der Waals surface area contributed by atoms with E-state index in [0.29, 0.717) is 13.0 Å². The molecule has 0 heterocycles. The Labute approximate surface area is 134 Å². The molecule has 0 aromatic heterocycles. The highest BCUT2D eigenvalue weighted by Crippen LogP contribution is 2.19. The van der Waals surface area contributed by atoms with Crippen molar-refractivity contribution in [1.82, 2.24) is 0 Å². The molecular weight excluding hydrogens is 326 g/mol. The number of rotatable bonds is 6.